The van der Waals surface area contributed by atoms with Gasteiger partial charge in [0.25, 0.3) is 0 Å². The van der Waals surface area contributed by atoms with Crippen LogP contribution in [-0.4, -0.2) is 54.1 Å². The number of hydrogen-bond donors (Lipinski definition) is 2. The van der Waals surface area contributed by atoms with Gasteiger partial charge in [-0.3, -0.25) is 0 Å². The van der Waals surface area contributed by atoms with Crippen molar-refractivity contribution in [2.24, 2.45) is 0 Å². The monoisotopic (exact) mass is 490 g/mol. The predicted molar refractivity (Wildman–Crippen MR) is 123 cm³/mol. The molecule has 11 heteroatoms. The Labute approximate surface area is 197 Å². The molecule has 2 N–H and O–H groups in total. The number of carbonyl (C=O) groups is 2. The molecule has 10 nitrogen and oxygen atoms in total. The van der Waals surface area contributed by atoms with E-state index in [1.807, 2.05) is 0 Å². The number of methoxy groups -OCH3 is 3. The summed E-state index contributed by atoms with van der Waals surface area (Å²) in [7, 11) is 0.307. The van der Waals surface area contributed by atoms with Gasteiger partial charge in [0, 0.05) is 11.8 Å². The molecule has 0 radical (unpaired) electrons. The van der Waals surface area contributed by atoms with Crippen LogP contribution in [0.25, 0.3) is 0 Å². The maximum Gasteiger partial charge on any atom is 0.338 e. The Kier molecular flexibility index (Phi) is 7.67. The van der Waals surface area contributed by atoms with Gasteiger partial charge in [0.05, 0.1) is 50.2 Å². The van der Waals surface area contributed by atoms with Gasteiger partial charge < -0.3 is 29.6 Å². The summed E-state index contributed by atoms with van der Waals surface area (Å²) >= 11 is 0. The van der Waals surface area contributed by atoms with Gasteiger partial charge in [-0.1, -0.05) is 12.1 Å². The summed E-state index contributed by atoms with van der Waals surface area (Å²) in [4.78, 5) is 25.3. The molecule has 0 saturated heterocycles. The fourth-order valence-electron chi connectivity index (χ4n) is 3.54. The summed E-state index contributed by atoms with van der Waals surface area (Å²) in [5.74, 6) is -0.300. The van der Waals surface area contributed by atoms with Crippen molar-refractivity contribution in [1.82, 2.24) is 10.6 Å². The third kappa shape index (κ3) is 5.25. The van der Waals surface area contributed by atoms with E-state index in [1.54, 1.807) is 31.2 Å². The summed E-state index contributed by atoms with van der Waals surface area (Å²) in [6.45, 7) is 1.70. The van der Waals surface area contributed by atoms with E-state index in [1.165, 1.54) is 39.5 Å². The molecule has 0 saturated carbocycles. The maximum absolute atomic E-state index is 13.3. The Morgan fingerprint density at radius 2 is 1.74 bits per heavy atom. The fraction of sp³-hybridized carbons (Fsp3) is 0.304. The molecule has 0 fully saturated rings. The van der Waals surface area contributed by atoms with E-state index < -0.39 is 33.6 Å². The molecule has 182 valence electrons. The van der Waals surface area contributed by atoms with Crippen molar-refractivity contribution in [2.75, 3.05) is 33.7 Å². The van der Waals surface area contributed by atoms with Crippen LogP contribution in [0.4, 0.5) is 4.79 Å². The second-order valence-corrected chi connectivity index (χ2v) is 9.19. The van der Waals surface area contributed by atoms with Crippen molar-refractivity contribution in [3.8, 4) is 17.2 Å². The molecule has 0 bridgehead atoms. The molecular weight excluding hydrogens is 464 g/mol. The van der Waals surface area contributed by atoms with Crippen LogP contribution in [0, 0.1) is 0 Å². The van der Waals surface area contributed by atoms with Gasteiger partial charge in [0.1, 0.15) is 5.75 Å². The van der Waals surface area contributed by atoms with Crippen molar-refractivity contribution in [1.29, 1.82) is 0 Å². The molecule has 1 aliphatic rings. The highest BCUT2D eigenvalue weighted by Gasteiger charge is 2.36. The minimum Gasteiger partial charge on any atom is -0.497 e. The molecule has 1 atom stereocenters. The van der Waals surface area contributed by atoms with Gasteiger partial charge in [-0.25, -0.2) is 18.0 Å². The number of nitrogens with one attached hydrogen (secondary N) is 2. The Balaban J connectivity index is 2.10. The normalized spacial score (nSPS) is 15.8. The molecule has 34 heavy (non-hydrogen) atoms. The number of rotatable bonds is 9. The third-order valence-corrected chi connectivity index (χ3v) is 6.77. The number of carbonyl (C=O) groups excluding carboxylic acids is 2. The van der Waals surface area contributed by atoms with Crippen LogP contribution in [0.2, 0.25) is 0 Å². The zero-order valence-electron chi connectivity index (χ0n) is 19.2. The van der Waals surface area contributed by atoms with Crippen LogP contribution < -0.4 is 24.8 Å². The van der Waals surface area contributed by atoms with Gasteiger partial charge in [-0.2, -0.15) is 0 Å². The number of benzene rings is 2. The first kappa shape index (κ1) is 24.9. The Morgan fingerprint density at radius 3 is 2.38 bits per heavy atom. The summed E-state index contributed by atoms with van der Waals surface area (Å²) < 4.78 is 47.3. The van der Waals surface area contributed by atoms with E-state index in [-0.39, 0.29) is 28.5 Å². The quantitative estimate of drug-likeness (QED) is 0.513. The number of hydrogen-bond acceptors (Lipinski definition) is 8. The molecule has 2 aromatic rings. The standard InChI is InChI=1S/C23H26N2O8S/c1-5-33-22(26)20-17(13-34(28,29)16-9-10-18(31-3)19(12-16)32-4)24-23(27)25-21(20)14-7-6-8-15(11-14)30-2/h6-12,21H,5,13H2,1-4H3,(H2,24,25,27). The van der Waals surface area contributed by atoms with E-state index in [4.69, 9.17) is 18.9 Å². The molecule has 1 unspecified atom stereocenters. The number of ether oxygens (including phenoxy) is 4. The Bertz CT molecular complexity index is 1220. The zero-order valence-corrected chi connectivity index (χ0v) is 20.0. The molecule has 0 aromatic heterocycles. The highest BCUT2D eigenvalue weighted by molar-refractivity contribution is 7.91. The lowest BCUT2D eigenvalue weighted by molar-refractivity contribution is -0.139. The number of esters is 1. The predicted octanol–water partition coefficient (Wildman–Crippen LogP) is 2.36. The zero-order chi connectivity index (χ0) is 24.9. The van der Waals surface area contributed by atoms with E-state index in [0.717, 1.165) is 0 Å². The van der Waals surface area contributed by atoms with Crippen LogP contribution >= 0.6 is 0 Å². The average molecular weight is 491 g/mol. The van der Waals surface area contributed by atoms with Crippen molar-refractivity contribution in [3.05, 3.63) is 59.3 Å². The highest BCUT2D eigenvalue weighted by Crippen LogP contribution is 2.33. The Hall–Kier alpha value is -3.73. The lowest BCUT2D eigenvalue weighted by atomic mass is 9.95. The smallest absolute Gasteiger partial charge is 0.338 e. The van der Waals surface area contributed by atoms with Crippen LogP contribution in [-0.2, 0) is 19.4 Å². The Morgan fingerprint density at radius 1 is 1.00 bits per heavy atom. The summed E-state index contributed by atoms with van der Waals surface area (Å²) in [5.41, 5.74) is 0.432. The number of urea groups is 1. The van der Waals surface area contributed by atoms with Gasteiger partial charge in [0.2, 0.25) is 0 Å². The number of sulfone groups is 1. The molecule has 0 aliphatic carbocycles. The van der Waals surface area contributed by atoms with Crippen LogP contribution in [0.3, 0.4) is 0 Å². The first-order chi connectivity index (χ1) is 16.2. The topological polar surface area (TPSA) is 129 Å². The maximum atomic E-state index is 13.3. The van der Waals surface area contributed by atoms with Gasteiger partial charge in [0.15, 0.2) is 21.3 Å². The summed E-state index contributed by atoms with van der Waals surface area (Å²) in [5, 5.41) is 5.14. The fourth-order valence-corrected chi connectivity index (χ4v) is 4.87. The van der Waals surface area contributed by atoms with E-state index in [9.17, 15) is 18.0 Å². The van der Waals surface area contributed by atoms with E-state index in [0.29, 0.717) is 17.1 Å². The molecule has 0 spiro atoms. The van der Waals surface area contributed by atoms with Crippen LogP contribution in [0.5, 0.6) is 17.2 Å². The summed E-state index contributed by atoms with van der Waals surface area (Å²) in [6.07, 6.45) is 0. The minimum absolute atomic E-state index is 0.0150. The van der Waals surface area contributed by atoms with Crippen molar-refractivity contribution >= 4 is 21.8 Å². The molecule has 3 rings (SSSR count). The molecule has 2 amide bonds. The summed E-state index contributed by atoms with van der Waals surface area (Å²) in [6, 6.07) is 9.30. The van der Waals surface area contributed by atoms with E-state index in [2.05, 4.69) is 10.6 Å². The molecule has 1 aliphatic heterocycles. The second-order valence-electron chi connectivity index (χ2n) is 7.20. The van der Waals surface area contributed by atoms with Crippen molar-refractivity contribution in [2.45, 2.75) is 17.9 Å². The molecule has 1 heterocycles. The van der Waals surface area contributed by atoms with Crippen LogP contribution in [0.15, 0.2) is 58.6 Å². The third-order valence-electron chi connectivity index (χ3n) is 5.12. The first-order valence-electron chi connectivity index (χ1n) is 10.3. The molecule has 2 aromatic carbocycles. The van der Waals surface area contributed by atoms with Crippen molar-refractivity contribution < 1.29 is 37.0 Å². The largest absolute Gasteiger partial charge is 0.497 e. The van der Waals surface area contributed by atoms with Gasteiger partial charge in [-0.15, -0.1) is 0 Å². The SMILES string of the molecule is CCOC(=O)C1=C(CS(=O)(=O)c2ccc(OC)c(OC)c2)NC(=O)NC1c1cccc(OC)c1. The van der Waals surface area contributed by atoms with Crippen LogP contribution in [0.1, 0.15) is 18.5 Å². The van der Waals surface area contributed by atoms with Crippen molar-refractivity contribution in [3.63, 3.8) is 0 Å². The van der Waals surface area contributed by atoms with E-state index >= 15 is 0 Å². The first-order valence-corrected chi connectivity index (χ1v) is 12.0. The minimum atomic E-state index is -4.01. The lowest BCUT2D eigenvalue weighted by Crippen LogP contribution is -2.47. The lowest BCUT2D eigenvalue weighted by Gasteiger charge is -2.29. The number of amides is 2. The average Bonchev–Trinajstić information content (AvgIpc) is 2.83. The highest BCUT2D eigenvalue weighted by atomic mass is 32.2. The van der Waals surface area contributed by atoms with Gasteiger partial charge in [-0.05, 0) is 36.8 Å². The second kappa shape index (κ2) is 10.5. The van der Waals surface area contributed by atoms with Gasteiger partial charge >= 0.3 is 12.0 Å². The molecular formula is C23H26N2O8S.